The van der Waals surface area contributed by atoms with Gasteiger partial charge in [-0.25, -0.2) is 0 Å². The molecule has 0 unspecified atom stereocenters. The summed E-state index contributed by atoms with van der Waals surface area (Å²) in [4.78, 5) is 11.1. The van der Waals surface area contributed by atoms with Gasteiger partial charge in [0.2, 0.25) is 0 Å². The molecule has 0 spiro atoms. The number of alkyl halides is 1. The summed E-state index contributed by atoms with van der Waals surface area (Å²) in [6, 6.07) is 8.11. The zero-order chi connectivity index (χ0) is 10.6. The summed E-state index contributed by atoms with van der Waals surface area (Å²) in [5.74, 6) is 0.113. The van der Waals surface area contributed by atoms with E-state index < -0.39 is 0 Å². The molecule has 74 valence electrons. The molecule has 0 aliphatic carbocycles. The first kappa shape index (κ1) is 11.2. The maximum absolute atomic E-state index is 11.1. The molecule has 0 amide bonds. The van der Waals surface area contributed by atoms with Gasteiger partial charge in [0.1, 0.15) is 0 Å². The lowest BCUT2D eigenvalue weighted by atomic mass is 10.1. The van der Waals surface area contributed by atoms with Crippen LogP contribution in [-0.2, 0) is 4.79 Å². The minimum absolute atomic E-state index is 0.113. The van der Waals surface area contributed by atoms with Crippen molar-refractivity contribution in [3.63, 3.8) is 0 Å². The number of carbonyl (C=O) groups excluding carboxylic acids is 1. The van der Waals surface area contributed by atoms with Crippen molar-refractivity contribution in [2.45, 2.75) is 13.8 Å². The van der Waals surface area contributed by atoms with E-state index in [1.54, 1.807) is 6.92 Å². The van der Waals surface area contributed by atoms with Crippen LogP contribution < -0.4 is 0 Å². The molecular formula is C12H13BrO. The topological polar surface area (TPSA) is 17.1 Å². The minimum Gasteiger partial charge on any atom is -0.295 e. The number of hydrogen-bond donors (Lipinski definition) is 0. The molecule has 1 aromatic carbocycles. The Hall–Kier alpha value is -0.890. The second-order valence-electron chi connectivity index (χ2n) is 3.27. The standard InChI is InChI=1S/C12H13BrO/c1-9-3-5-11(6-4-9)7-12(8-13)10(2)14/h3-7H,8H2,1-2H3/b12-7+. The third-order valence-electron chi connectivity index (χ3n) is 2.01. The number of ketones is 1. The Morgan fingerprint density at radius 1 is 1.36 bits per heavy atom. The summed E-state index contributed by atoms with van der Waals surface area (Å²) in [5.41, 5.74) is 3.10. The predicted molar refractivity (Wildman–Crippen MR) is 63.6 cm³/mol. The number of halogens is 1. The van der Waals surface area contributed by atoms with Crippen molar-refractivity contribution in [2.24, 2.45) is 0 Å². The minimum atomic E-state index is 0.113. The summed E-state index contributed by atoms with van der Waals surface area (Å²) < 4.78 is 0. The quantitative estimate of drug-likeness (QED) is 0.596. The maximum Gasteiger partial charge on any atom is 0.156 e. The average Bonchev–Trinajstić information content (AvgIpc) is 2.16. The lowest BCUT2D eigenvalue weighted by Gasteiger charge is -1.99. The molecule has 0 heterocycles. The molecule has 0 aromatic heterocycles. The van der Waals surface area contributed by atoms with Gasteiger partial charge in [0.15, 0.2) is 5.78 Å². The van der Waals surface area contributed by atoms with Crippen molar-refractivity contribution in [3.05, 3.63) is 41.0 Å². The van der Waals surface area contributed by atoms with E-state index in [-0.39, 0.29) is 5.78 Å². The van der Waals surface area contributed by atoms with E-state index in [0.29, 0.717) is 5.33 Å². The van der Waals surface area contributed by atoms with Crippen LogP contribution >= 0.6 is 15.9 Å². The van der Waals surface area contributed by atoms with Gasteiger partial charge in [0.25, 0.3) is 0 Å². The molecule has 0 saturated carbocycles. The van der Waals surface area contributed by atoms with Gasteiger partial charge in [0, 0.05) is 10.9 Å². The van der Waals surface area contributed by atoms with Crippen LogP contribution in [0, 0.1) is 6.92 Å². The second-order valence-corrected chi connectivity index (χ2v) is 3.83. The van der Waals surface area contributed by atoms with E-state index in [0.717, 1.165) is 11.1 Å². The van der Waals surface area contributed by atoms with Gasteiger partial charge in [-0.1, -0.05) is 45.8 Å². The Morgan fingerprint density at radius 2 is 1.93 bits per heavy atom. The second kappa shape index (κ2) is 5.11. The molecule has 14 heavy (non-hydrogen) atoms. The largest absolute Gasteiger partial charge is 0.295 e. The van der Waals surface area contributed by atoms with Crippen molar-refractivity contribution in [1.29, 1.82) is 0 Å². The summed E-state index contributed by atoms with van der Waals surface area (Å²) in [6.07, 6.45) is 1.91. The molecule has 0 fully saturated rings. The smallest absolute Gasteiger partial charge is 0.156 e. The van der Waals surface area contributed by atoms with Gasteiger partial charge in [-0.15, -0.1) is 0 Å². The third kappa shape index (κ3) is 3.11. The fourth-order valence-electron chi connectivity index (χ4n) is 1.10. The van der Waals surface area contributed by atoms with Crippen LogP contribution in [0.25, 0.3) is 6.08 Å². The molecule has 1 aromatic rings. The molecule has 0 radical (unpaired) electrons. The fourth-order valence-corrected chi connectivity index (χ4v) is 1.65. The highest BCUT2D eigenvalue weighted by Crippen LogP contribution is 2.11. The Morgan fingerprint density at radius 3 is 2.36 bits per heavy atom. The Labute approximate surface area is 93.0 Å². The molecule has 0 aliphatic heterocycles. The monoisotopic (exact) mass is 252 g/mol. The first-order chi connectivity index (χ1) is 6.63. The molecule has 0 N–H and O–H groups in total. The first-order valence-corrected chi connectivity index (χ1v) is 5.60. The van der Waals surface area contributed by atoms with Crippen LogP contribution in [0.3, 0.4) is 0 Å². The summed E-state index contributed by atoms with van der Waals surface area (Å²) >= 11 is 3.30. The molecule has 0 atom stereocenters. The maximum atomic E-state index is 11.1. The Balaban J connectivity index is 2.95. The summed E-state index contributed by atoms with van der Waals surface area (Å²) in [7, 11) is 0. The number of hydrogen-bond acceptors (Lipinski definition) is 1. The number of benzene rings is 1. The highest BCUT2D eigenvalue weighted by Gasteiger charge is 2.01. The highest BCUT2D eigenvalue weighted by atomic mass is 79.9. The Bertz CT molecular complexity index is 349. The zero-order valence-electron chi connectivity index (χ0n) is 8.38. The van der Waals surface area contributed by atoms with Gasteiger partial charge in [-0.3, -0.25) is 4.79 Å². The first-order valence-electron chi connectivity index (χ1n) is 4.47. The lowest BCUT2D eigenvalue weighted by Crippen LogP contribution is -1.97. The van der Waals surface area contributed by atoms with Gasteiger partial charge in [-0.05, 0) is 25.5 Å². The van der Waals surface area contributed by atoms with Crippen molar-refractivity contribution in [3.8, 4) is 0 Å². The van der Waals surface area contributed by atoms with Crippen LogP contribution in [0.4, 0.5) is 0 Å². The zero-order valence-corrected chi connectivity index (χ0v) is 9.97. The average molecular weight is 253 g/mol. The molecule has 0 aliphatic rings. The highest BCUT2D eigenvalue weighted by molar-refractivity contribution is 9.09. The summed E-state index contributed by atoms with van der Waals surface area (Å²) in [5, 5.41) is 0.607. The van der Waals surface area contributed by atoms with Crippen LogP contribution in [0.1, 0.15) is 18.1 Å². The van der Waals surface area contributed by atoms with Crippen molar-refractivity contribution in [1.82, 2.24) is 0 Å². The van der Waals surface area contributed by atoms with Crippen molar-refractivity contribution >= 4 is 27.8 Å². The lowest BCUT2D eigenvalue weighted by molar-refractivity contribution is -0.113. The number of Topliss-reactive ketones (excluding diaryl/α,β-unsaturated/α-hetero) is 1. The van der Waals surface area contributed by atoms with Crippen molar-refractivity contribution in [2.75, 3.05) is 5.33 Å². The molecular weight excluding hydrogens is 240 g/mol. The van der Waals surface area contributed by atoms with E-state index in [1.165, 1.54) is 5.56 Å². The van der Waals surface area contributed by atoms with E-state index >= 15 is 0 Å². The normalized spacial score (nSPS) is 11.5. The fraction of sp³-hybridized carbons (Fsp3) is 0.250. The van der Waals surface area contributed by atoms with E-state index in [4.69, 9.17) is 0 Å². The van der Waals surface area contributed by atoms with Gasteiger partial charge in [-0.2, -0.15) is 0 Å². The number of carbonyl (C=O) groups is 1. The van der Waals surface area contributed by atoms with Crippen LogP contribution in [-0.4, -0.2) is 11.1 Å². The molecule has 0 saturated heterocycles. The third-order valence-corrected chi connectivity index (χ3v) is 2.62. The van der Waals surface area contributed by atoms with Crippen LogP contribution in [0.2, 0.25) is 0 Å². The van der Waals surface area contributed by atoms with Gasteiger partial charge in [0.05, 0.1) is 0 Å². The van der Waals surface area contributed by atoms with Crippen LogP contribution in [0.15, 0.2) is 29.8 Å². The Kier molecular flexibility index (Phi) is 4.08. The molecule has 0 bridgehead atoms. The molecule has 1 nitrogen and oxygen atoms in total. The van der Waals surface area contributed by atoms with E-state index in [2.05, 4.69) is 15.9 Å². The van der Waals surface area contributed by atoms with Gasteiger partial charge >= 0.3 is 0 Å². The van der Waals surface area contributed by atoms with Crippen molar-refractivity contribution < 1.29 is 4.79 Å². The predicted octanol–water partition coefficient (Wildman–Crippen LogP) is 3.36. The number of aryl methyl sites for hydroxylation is 1. The molecule has 2 heteroatoms. The van der Waals surface area contributed by atoms with Crippen LogP contribution in [0.5, 0.6) is 0 Å². The number of rotatable bonds is 3. The van der Waals surface area contributed by atoms with E-state index in [9.17, 15) is 4.79 Å². The number of allylic oxidation sites excluding steroid dienone is 1. The van der Waals surface area contributed by atoms with Gasteiger partial charge < -0.3 is 0 Å². The SMILES string of the molecule is CC(=O)/C(=C/c1ccc(C)cc1)CBr. The summed E-state index contributed by atoms with van der Waals surface area (Å²) in [6.45, 7) is 3.63. The van der Waals surface area contributed by atoms with E-state index in [1.807, 2.05) is 37.3 Å². The molecule has 1 rings (SSSR count).